The van der Waals surface area contributed by atoms with Gasteiger partial charge in [0.25, 0.3) is 0 Å². The fraction of sp³-hybridized carbons (Fsp3) is 0.367. The second kappa shape index (κ2) is 13.6. The van der Waals surface area contributed by atoms with Crippen LogP contribution in [-0.4, -0.2) is 65.5 Å². The summed E-state index contributed by atoms with van der Waals surface area (Å²) in [6.07, 6.45) is -4.06. The summed E-state index contributed by atoms with van der Waals surface area (Å²) in [5, 5.41) is 24.4. The van der Waals surface area contributed by atoms with Crippen molar-refractivity contribution < 1.29 is 37.1 Å². The van der Waals surface area contributed by atoms with Crippen molar-refractivity contribution in [3.63, 3.8) is 0 Å². The van der Waals surface area contributed by atoms with Crippen LogP contribution in [0.3, 0.4) is 0 Å². The zero-order chi connectivity index (χ0) is 32.8. The molecule has 1 aromatic heterocycles. The highest BCUT2D eigenvalue weighted by Crippen LogP contribution is 2.43. The van der Waals surface area contributed by atoms with E-state index in [9.17, 15) is 28.0 Å². The van der Waals surface area contributed by atoms with E-state index in [-0.39, 0.29) is 22.9 Å². The van der Waals surface area contributed by atoms with Gasteiger partial charge >= 0.3 is 17.8 Å². The number of hydrogen-bond donors (Lipinski definition) is 1. The third kappa shape index (κ3) is 6.68. The number of methoxy groups -OCH3 is 1. The van der Waals surface area contributed by atoms with Crippen LogP contribution in [0.15, 0.2) is 58.5 Å². The molecule has 2 aromatic carbocycles. The molecule has 234 valence electrons. The molecule has 0 fully saturated rings. The van der Waals surface area contributed by atoms with Gasteiger partial charge in [0.15, 0.2) is 0 Å². The maximum atomic E-state index is 13.6. The van der Waals surface area contributed by atoms with Gasteiger partial charge in [-0.25, -0.2) is 19.3 Å². The van der Waals surface area contributed by atoms with E-state index >= 15 is 0 Å². The first-order valence-electron chi connectivity index (χ1n) is 13.7. The van der Waals surface area contributed by atoms with Crippen LogP contribution in [0.2, 0.25) is 0 Å². The molecule has 0 spiro atoms. The summed E-state index contributed by atoms with van der Waals surface area (Å²) in [5.41, 5.74) is 0.618. The fourth-order valence-electron chi connectivity index (χ4n) is 5.17. The Morgan fingerprint density at radius 3 is 2.45 bits per heavy atom. The number of anilines is 2. The van der Waals surface area contributed by atoms with Crippen molar-refractivity contribution in [3.8, 4) is 6.07 Å². The highest BCUT2D eigenvalue weighted by molar-refractivity contribution is 5.93. The minimum absolute atomic E-state index is 0.0162. The van der Waals surface area contributed by atoms with Crippen LogP contribution in [-0.2, 0) is 26.9 Å². The normalized spacial score (nSPS) is 14.7. The standard InChI is InChI=1S/C29H31F3N6O3.CH2O2/c1-6-38(4,7-2)14-13-20-15-19(17-33)11-12-23(20)25-24(26(39)41-5)18(3)36(27-34-35-28(40)37(25)27)22-10-8-9-21(16-22)29(30,31)32;2-1-3/h8-12,15-16,25H,6-7,13-14H2,1-5H3;1H,(H,2,3)/t25-;/m1./s1. The molecule has 14 heteroatoms. The molecule has 1 aliphatic rings. The number of ether oxygens (including phenoxy) is 1. The average molecular weight is 615 g/mol. The summed E-state index contributed by atoms with van der Waals surface area (Å²) in [7, 11) is 3.33. The number of hydrogen-bond acceptors (Lipinski definition) is 8. The van der Waals surface area contributed by atoms with E-state index in [2.05, 4.69) is 37.2 Å². The largest absolute Gasteiger partial charge is 0.554 e. The molecule has 1 N–H and O–H groups in total. The second-order valence-electron chi connectivity index (χ2n) is 10.3. The lowest BCUT2D eigenvalue weighted by Crippen LogP contribution is -2.45. The molecule has 0 amide bonds. The Kier molecular flexibility index (Phi) is 10.4. The van der Waals surface area contributed by atoms with Crippen LogP contribution in [0.5, 0.6) is 0 Å². The quantitative estimate of drug-likeness (QED) is 0.232. The zero-order valence-electron chi connectivity index (χ0n) is 24.9. The number of rotatable bonds is 8. The number of nitrogens with zero attached hydrogens (tertiary/aromatic N) is 5. The van der Waals surface area contributed by atoms with Crippen molar-refractivity contribution >= 4 is 24.1 Å². The predicted molar refractivity (Wildman–Crippen MR) is 152 cm³/mol. The summed E-state index contributed by atoms with van der Waals surface area (Å²) in [4.78, 5) is 36.2. The summed E-state index contributed by atoms with van der Waals surface area (Å²) < 4.78 is 47.9. The molecular weight excluding hydrogens is 581 g/mol. The number of H-pyrrole nitrogens is 1. The van der Waals surface area contributed by atoms with Crippen molar-refractivity contribution in [2.24, 2.45) is 0 Å². The number of carboxylic acid groups (broad SMARTS) is 1. The van der Waals surface area contributed by atoms with Gasteiger partial charge in [0.2, 0.25) is 5.95 Å². The highest BCUT2D eigenvalue weighted by atomic mass is 19.4. The van der Waals surface area contributed by atoms with Crippen molar-refractivity contribution in [2.45, 2.75) is 39.4 Å². The molecule has 44 heavy (non-hydrogen) atoms. The van der Waals surface area contributed by atoms with Crippen molar-refractivity contribution in [3.05, 3.63) is 86.5 Å². The van der Waals surface area contributed by atoms with E-state index in [1.165, 1.54) is 28.7 Å². The van der Waals surface area contributed by atoms with Crippen molar-refractivity contribution in [2.75, 3.05) is 38.7 Å². The third-order valence-electron chi connectivity index (χ3n) is 7.99. The lowest BCUT2D eigenvalue weighted by Gasteiger charge is -2.36. The van der Waals surface area contributed by atoms with Gasteiger partial charge in [-0.1, -0.05) is 12.1 Å². The Hall–Kier alpha value is -4.90. The molecule has 1 aliphatic heterocycles. The topological polar surface area (TPSA) is 144 Å². The number of carbonyl (C=O) groups is 2. The molecule has 0 bridgehead atoms. The summed E-state index contributed by atoms with van der Waals surface area (Å²) in [6, 6.07) is 10.8. The minimum atomic E-state index is -4.61. The first-order chi connectivity index (χ1) is 20.8. The maximum Gasteiger partial charge on any atom is 0.416 e. The summed E-state index contributed by atoms with van der Waals surface area (Å²) in [6.45, 7) is 7.78. The second-order valence-corrected chi connectivity index (χ2v) is 10.3. The smallest absolute Gasteiger partial charge is 0.416 e. The van der Waals surface area contributed by atoms with Crippen LogP contribution >= 0.6 is 0 Å². The van der Waals surface area contributed by atoms with E-state index in [1.54, 1.807) is 25.1 Å². The van der Waals surface area contributed by atoms with Gasteiger partial charge in [-0.2, -0.15) is 18.4 Å². The van der Waals surface area contributed by atoms with E-state index in [0.717, 1.165) is 41.8 Å². The third-order valence-corrected chi connectivity index (χ3v) is 7.99. The van der Waals surface area contributed by atoms with Crippen LogP contribution in [0.1, 0.15) is 49.1 Å². The molecule has 0 radical (unpaired) electrons. The molecule has 0 saturated carbocycles. The molecular formula is C30H33F3N6O5. The molecule has 11 nitrogen and oxygen atoms in total. The lowest BCUT2D eigenvalue weighted by atomic mass is 9.89. The first-order valence-corrected chi connectivity index (χ1v) is 13.7. The number of carbonyl (C=O) groups excluding carboxylic acids is 2. The van der Waals surface area contributed by atoms with Crippen molar-refractivity contribution in [1.29, 1.82) is 5.26 Å². The monoisotopic (exact) mass is 614 g/mol. The number of fused-ring (bicyclic) bond motifs is 1. The van der Waals surface area contributed by atoms with Gasteiger partial charge in [0.05, 0.1) is 56.6 Å². The van der Waals surface area contributed by atoms with Gasteiger partial charge in [-0.05, 0) is 62.2 Å². The van der Waals surface area contributed by atoms with Crippen LogP contribution in [0.4, 0.5) is 24.8 Å². The molecule has 0 unspecified atom stereocenters. The molecule has 0 saturated heterocycles. The predicted octanol–water partition coefficient (Wildman–Crippen LogP) is 3.04. The van der Waals surface area contributed by atoms with Gasteiger partial charge in [-0.3, -0.25) is 4.90 Å². The molecule has 1 atom stereocenters. The molecule has 4 rings (SSSR count). The number of nitriles is 1. The Morgan fingerprint density at radius 2 is 1.89 bits per heavy atom. The minimum Gasteiger partial charge on any atom is -0.554 e. The van der Waals surface area contributed by atoms with E-state index < -0.39 is 35.9 Å². The van der Waals surface area contributed by atoms with E-state index in [1.807, 2.05) is 0 Å². The van der Waals surface area contributed by atoms with E-state index in [4.69, 9.17) is 14.6 Å². The van der Waals surface area contributed by atoms with Gasteiger partial charge < -0.3 is 19.1 Å². The van der Waals surface area contributed by atoms with Crippen LogP contribution < -0.4 is 15.7 Å². The van der Waals surface area contributed by atoms with Gasteiger partial charge in [0.1, 0.15) is 6.04 Å². The Morgan fingerprint density at radius 1 is 1.23 bits per heavy atom. The first kappa shape index (κ1) is 33.6. The number of halogens is 3. The van der Waals surface area contributed by atoms with Gasteiger partial charge in [-0.15, -0.1) is 5.10 Å². The number of likely N-dealkylation sites (N-methyl/N-ethyl adjacent to an activating group) is 1. The molecule has 2 heterocycles. The maximum absolute atomic E-state index is 13.6. The van der Waals surface area contributed by atoms with Crippen LogP contribution in [0, 0.1) is 11.3 Å². The van der Waals surface area contributed by atoms with Crippen molar-refractivity contribution in [1.82, 2.24) is 14.8 Å². The number of alkyl halides is 3. The molecule has 3 aromatic rings. The zero-order valence-corrected chi connectivity index (χ0v) is 24.9. The number of nitrogens with one attached hydrogen (secondary N) is 1. The highest BCUT2D eigenvalue weighted by Gasteiger charge is 2.41. The lowest BCUT2D eigenvalue weighted by molar-refractivity contribution is -0.905. The summed E-state index contributed by atoms with van der Waals surface area (Å²) in [5.74, 6) is -0.733. The van der Waals surface area contributed by atoms with Gasteiger partial charge in [0, 0.05) is 24.3 Å². The Balaban J connectivity index is 0.00000169. The van der Waals surface area contributed by atoms with E-state index in [0.29, 0.717) is 17.5 Å². The number of aromatic amines is 1. The number of esters is 1. The molecule has 0 aliphatic carbocycles. The Bertz CT molecular complexity index is 1650. The average Bonchev–Trinajstić information content (AvgIpc) is 3.39. The number of benzene rings is 2. The fourth-order valence-corrected chi connectivity index (χ4v) is 5.17. The van der Waals surface area contributed by atoms with Crippen LogP contribution in [0.25, 0.3) is 0 Å². The number of aromatic nitrogens is 3. The number of quaternary nitrogens is 1. The SMILES string of the molecule is CC[N+](C)(CC)CCc1cc(C#N)ccc1[C@@H]1C(C(=O)OC)=C(C)N(c2cccc(C(F)(F)F)c2)c2n[nH]c(=O)n21.O=C[O-]. The summed E-state index contributed by atoms with van der Waals surface area (Å²) >= 11 is 0. The Labute approximate surface area is 252 Å². The number of allylic oxidation sites excluding steroid dienone is 1.